The highest BCUT2D eigenvalue weighted by molar-refractivity contribution is 8.00. The van der Waals surface area contributed by atoms with Crippen LogP contribution in [-0.2, 0) is 4.79 Å². The first kappa shape index (κ1) is 18.9. The van der Waals surface area contributed by atoms with Gasteiger partial charge in [0.1, 0.15) is 10.1 Å². The number of rotatable bonds is 8. The Morgan fingerprint density at radius 1 is 0.833 bits per heavy atom. The van der Waals surface area contributed by atoms with Crippen LogP contribution in [-0.4, -0.2) is 36.1 Å². The van der Waals surface area contributed by atoms with Crippen molar-refractivity contribution in [2.24, 2.45) is 0 Å². The highest BCUT2D eigenvalue weighted by atomic mass is 35.5. The minimum absolute atomic E-state index is 0.183. The summed E-state index contributed by atoms with van der Waals surface area (Å²) >= 11 is 14.0. The molecule has 0 spiro atoms. The summed E-state index contributed by atoms with van der Waals surface area (Å²) < 4.78 is 0. The first-order chi connectivity index (χ1) is 11.7. The molecule has 0 aliphatic heterocycles. The van der Waals surface area contributed by atoms with Gasteiger partial charge in [0.2, 0.25) is 0 Å². The Kier molecular flexibility index (Phi) is 8.24. The largest absolute Gasteiger partial charge is 0.290 e. The molecule has 0 atom stereocenters. The van der Waals surface area contributed by atoms with E-state index >= 15 is 0 Å². The first-order valence-electron chi connectivity index (χ1n) is 6.63. The molecule has 0 bridgehead atoms. The molecule has 0 aliphatic rings. The van der Waals surface area contributed by atoms with Crippen molar-refractivity contribution in [2.75, 3.05) is 10.4 Å². The van der Waals surface area contributed by atoms with Crippen molar-refractivity contribution in [3.8, 4) is 0 Å². The number of hydrogen-bond donors (Lipinski definition) is 0. The SMILES string of the molecule is O=C(C=Cc1cnc(SCCl)cn1)C=Cc1cnc(SCCl)cn1. The van der Waals surface area contributed by atoms with Gasteiger partial charge in [-0.3, -0.25) is 14.8 Å². The monoisotopic (exact) mass is 398 g/mol. The van der Waals surface area contributed by atoms with E-state index in [0.29, 0.717) is 21.8 Å². The topological polar surface area (TPSA) is 68.6 Å². The molecule has 0 saturated carbocycles. The third kappa shape index (κ3) is 6.60. The smallest absolute Gasteiger partial charge is 0.178 e. The molecule has 0 aliphatic carbocycles. The fourth-order valence-corrected chi connectivity index (χ4v) is 2.88. The zero-order valence-electron chi connectivity index (χ0n) is 12.3. The maximum atomic E-state index is 11.8. The van der Waals surface area contributed by atoms with Gasteiger partial charge in [-0.05, 0) is 24.3 Å². The zero-order chi connectivity index (χ0) is 17.2. The zero-order valence-corrected chi connectivity index (χ0v) is 15.4. The third-order valence-corrected chi connectivity index (χ3v) is 4.42. The van der Waals surface area contributed by atoms with Crippen molar-refractivity contribution in [3.05, 3.63) is 48.3 Å². The summed E-state index contributed by atoms with van der Waals surface area (Å²) in [6.45, 7) is 0. The molecule has 24 heavy (non-hydrogen) atoms. The minimum Gasteiger partial charge on any atom is -0.290 e. The van der Waals surface area contributed by atoms with Gasteiger partial charge in [-0.2, -0.15) is 0 Å². The van der Waals surface area contributed by atoms with Gasteiger partial charge in [0, 0.05) is 0 Å². The van der Waals surface area contributed by atoms with Crippen LogP contribution in [0.25, 0.3) is 12.2 Å². The van der Waals surface area contributed by atoms with E-state index in [1.165, 1.54) is 35.7 Å². The number of hydrogen-bond acceptors (Lipinski definition) is 7. The summed E-state index contributed by atoms with van der Waals surface area (Å²) in [5.74, 6) is -0.183. The molecule has 0 aromatic carbocycles. The van der Waals surface area contributed by atoms with Crippen LogP contribution in [0.3, 0.4) is 0 Å². The molecule has 2 aromatic heterocycles. The fourth-order valence-electron chi connectivity index (χ4n) is 1.48. The van der Waals surface area contributed by atoms with Gasteiger partial charge in [0.15, 0.2) is 5.78 Å². The Morgan fingerprint density at radius 3 is 1.62 bits per heavy atom. The summed E-state index contributed by atoms with van der Waals surface area (Å²) in [4.78, 5) is 28.5. The van der Waals surface area contributed by atoms with Crippen molar-refractivity contribution in [2.45, 2.75) is 10.1 Å². The van der Waals surface area contributed by atoms with E-state index in [1.807, 2.05) is 0 Å². The number of nitrogens with zero attached hydrogens (tertiary/aromatic N) is 4. The van der Waals surface area contributed by atoms with Crippen molar-refractivity contribution in [1.29, 1.82) is 0 Å². The number of carbonyl (C=O) groups excluding carboxylic acids is 1. The van der Waals surface area contributed by atoms with Gasteiger partial charge in [0.25, 0.3) is 0 Å². The second-order valence-electron chi connectivity index (χ2n) is 4.13. The molecule has 9 heteroatoms. The first-order valence-corrected chi connectivity index (χ1v) is 9.67. The molecule has 0 amide bonds. The molecule has 2 aromatic rings. The molecule has 2 heterocycles. The van der Waals surface area contributed by atoms with E-state index in [2.05, 4.69) is 19.9 Å². The maximum Gasteiger partial charge on any atom is 0.178 e. The molecule has 0 radical (unpaired) electrons. The third-order valence-electron chi connectivity index (χ3n) is 2.54. The van der Waals surface area contributed by atoms with Crippen LogP contribution in [0.5, 0.6) is 0 Å². The van der Waals surface area contributed by atoms with Gasteiger partial charge >= 0.3 is 0 Å². The van der Waals surface area contributed by atoms with Crippen molar-refractivity contribution < 1.29 is 4.79 Å². The second-order valence-corrected chi connectivity index (χ2v) is 7.29. The molecule has 0 unspecified atom stereocenters. The Balaban J connectivity index is 1.91. The number of allylic oxidation sites excluding steroid dienone is 2. The van der Waals surface area contributed by atoms with Crippen molar-refractivity contribution in [1.82, 2.24) is 19.9 Å². The van der Waals surface area contributed by atoms with Crippen LogP contribution in [0.2, 0.25) is 0 Å². The summed E-state index contributed by atoms with van der Waals surface area (Å²) in [5.41, 5.74) is 1.19. The van der Waals surface area contributed by atoms with Gasteiger partial charge in [0.05, 0.1) is 46.6 Å². The fraction of sp³-hybridized carbons (Fsp3) is 0.133. The Labute approximate surface area is 158 Å². The number of alkyl halides is 2. The Bertz CT molecular complexity index is 660. The molecule has 0 saturated heterocycles. The van der Waals surface area contributed by atoms with E-state index in [1.54, 1.807) is 36.9 Å². The Morgan fingerprint density at radius 2 is 1.29 bits per heavy atom. The summed E-state index contributed by atoms with van der Waals surface area (Å²) in [7, 11) is 0. The minimum atomic E-state index is -0.183. The van der Waals surface area contributed by atoms with E-state index in [4.69, 9.17) is 23.2 Å². The number of ketones is 1. The van der Waals surface area contributed by atoms with Gasteiger partial charge in [-0.25, -0.2) is 9.97 Å². The average Bonchev–Trinajstić information content (AvgIpc) is 2.61. The molecular weight excluding hydrogens is 387 g/mol. The van der Waals surface area contributed by atoms with E-state index in [0.717, 1.165) is 10.1 Å². The highest BCUT2D eigenvalue weighted by Gasteiger charge is 1.98. The van der Waals surface area contributed by atoms with Crippen LogP contribution < -0.4 is 0 Å². The number of thioether (sulfide) groups is 2. The predicted octanol–water partition coefficient (Wildman–Crippen LogP) is 4.14. The van der Waals surface area contributed by atoms with Crippen LogP contribution in [0.4, 0.5) is 0 Å². The van der Waals surface area contributed by atoms with Crippen LogP contribution in [0.15, 0.2) is 47.0 Å². The van der Waals surface area contributed by atoms with Crippen LogP contribution >= 0.6 is 46.7 Å². The van der Waals surface area contributed by atoms with E-state index in [9.17, 15) is 4.79 Å². The van der Waals surface area contributed by atoms with Gasteiger partial charge < -0.3 is 0 Å². The summed E-state index contributed by atoms with van der Waals surface area (Å²) in [6, 6.07) is 0. The standard InChI is InChI=1S/C15H12Cl2N4OS2/c16-9-23-14-7-18-11(5-20-14)1-3-13(22)4-2-12-6-21-15(8-19-12)24-10-17/h1-8H,9-10H2. The molecular formula is C15H12Cl2N4OS2. The molecule has 2 rings (SSSR count). The van der Waals surface area contributed by atoms with Crippen molar-refractivity contribution in [3.63, 3.8) is 0 Å². The highest BCUT2D eigenvalue weighted by Crippen LogP contribution is 2.15. The van der Waals surface area contributed by atoms with Crippen LogP contribution in [0, 0.1) is 0 Å². The van der Waals surface area contributed by atoms with E-state index < -0.39 is 0 Å². The lowest BCUT2D eigenvalue weighted by atomic mass is 10.2. The number of halogens is 2. The quantitative estimate of drug-likeness (QED) is 0.375. The van der Waals surface area contributed by atoms with Crippen molar-refractivity contribution >= 4 is 64.7 Å². The average molecular weight is 399 g/mol. The number of aromatic nitrogens is 4. The molecule has 0 N–H and O–H groups in total. The van der Waals surface area contributed by atoms with E-state index in [-0.39, 0.29) is 5.78 Å². The lowest BCUT2D eigenvalue weighted by molar-refractivity contribution is -0.110. The second kappa shape index (κ2) is 10.5. The van der Waals surface area contributed by atoms with Gasteiger partial charge in [-0.1, -0.05) is 23.5 Å². The maximum absolute atomic E-state index is 11.8. The van der Waals surface area contributed by atoms with Gasteiger partial charge in [-0.15, -0.1) is 23.2 Å². The van der Waals surface area contributed by atoms with Crippen LogP contribution in [0.1, 0.15) is 11.4 Å². The molecule has 124 valence electrons. The normalized spacial score (nSPS) is 11.4. The lowest BCUT2D eigenvalue weighted by Gasteiger charge is -1.96. The lowest BCUT2D eigenvalue weighted by Crippen LogP contribution is -1.90. The summed E-state index contributed by atoms with van der Waals surface area (Å²) in [6.07, 6.45) is 12.4. The summed E-state index contributed by atoms with van der Waals surface area (Å²) in [5, 5.41) is 2.31. The molecule has 0 fully saturated rings. The predicted molar refractivity (Wildman–Crippen MR) is 100 cm³/mol. The molecule has 5 nitrogen and oxygen atoms in total. The number of carbonyl (C=O) groups is 1. The Hall–Kier alpha value is -1.41.